The number of nitrogens with zero attached hydrogens (tertiary/aromatic N) is 1. The van der Waals surface area contributed by atoms with Crippen LogP contribution in [0.5, 0.6) is 5.75 Å². The lowest BCUT2D eigenvalue weighted by Gasteiger charge is -2.05. The van der Waals surface area contributed by atoms with Gasteiger partial charge in [-0.05, 0) is 54.1 Å². The van der Waals surface area contributed by atoms with Crippen LogP contribution in [-0.4, -0.2) is 18.1 Å². The maximum atomic E-state index is 12.2. The first-order chi connectivity index (χ1) is 14.6. The van der Waals surface area contributed by atoms with Crippen LogP contribution in [0, 0.1) is 0 Å². The highest BCUT2D eigenvalue weighted by atomic mass is 35.5. The van der Waals surface area contributed by atoms with Crippen molar-refractivity contribution in [3.8, 4) is 5.75 Å². The lowest BCUT2D eigenvalue weighted by molar-refractivity contribution is 0.0734. The third-order valence-corrected chi connectivity index (χ3v) is 4.54. The highest BCUT2D eigenvalue weighted by Crippen LogP contribution is 2.20. The van der Waals surface area contributed by atoms with Gasteiger partial charge in [-0.1, -0.05) is 41.9 Å². The molecule has 0 aliphatic carbocycles. The summed E-state index contributed by atoms with van der Waals surface area (Å²) in [5.41, 5.74) is 4.05. The summed E-state index contributed by atoms with van der Waals surface area (Å²) < 4.78 is 10.8. The summed E-state index contributed by atoms with van der Waals surface area (Å²) in [5, 5.41) is 5.09. The molecule has 4 rings (SSSR count). The van der Waals surface area contributed by atoms with E-state index in [9.17, 15) is 9.59 Å². The van der Waals surface area contributed by atoms with E-state index in [1.807, 2.05) is 18.2 Å². The fraction of sp³-hybridized carbons (Fsp3) is 0. The molecule has 1 heterocycles. The Hall–Kier alpha value is -3.90. The Morgan fingerprint density at radius 1 is 0.967 bits per heavy atom. The van der Waals surface area contributed by atoms with Crippen molar-refractivity contribution >= 4 is 40.7 Å². The molecule has 7 heteroatoms. The summed E-state index contributed by atoms with van der Waals surface area (Å²) in [7, 11) is 0. The minimum atomic E-state index is -0.542. The maximum absolute atomic E-state index is 12.2. The van der Waals surface area contributed by atoms with Crippen LogP contribution in [0.25, 0.3) is 11.0 Å². The Morgan fingerprint density at radius 2 is 1.70 bits per heavy atom. The lowest BCUT2D eigenvalue weighted by Crippen LogP contribution is -2.16. The molecule has 0 spiro atoms. The molecule has 0 aliphatic rings. The Kier molecular flexibility index (Phi) is 5.59. The van der Waals surface area contributed by atoms with Gasteiger partial charge in [-0.15, -0.1) is 0 Å². The standard InChI is InChI=1S/C23H15ClN2O4/c24-19-7-3-2-6-18(19)23(28)29-17-11-9-15(10-12-17)14-25-26-22(27)21-13-16-5-1-4-8-20(16)30-21/h1-14H,(H,26,27)/b25-14-. The number of hydrogen-bond acceptors (Lipinski definition) is 5. The second-order valence-corrected chi connectivity index (χ2v) is 6.69. The quantitative estimate of drug-likeness (QED) is 0.212. The van der Waals surface area contributed by atoms with Gasteiger partial charge in [0.25, 0.3) is 0 Å². The van der Waals surface area contributed by atoms with E-state index in [0.717, 1.165) is 5.39 Å². The zero-order valence-corrected chi connectivity index (χ0v) is 16.3. The highest BCUT2D eigenvalue weighted by Gasteiger charge is 2.12. The number of hydrogen-bond donors (Lipinski definition) is 1. The molecule has 4 aromatic rings. The normalized spacial score (nSPS) is 11.0. The van der Waals surface area contributed by atoms with Gasteiger partial charge in [0.2, 0.25) is 0 Å². The van der Waals surface area contributed by atoms with Crippen LogP contribution in [-0.2, 0) is 0 Å². The van der Waals surface area contributed by atoms with Gasteiger partial charge in [0.05, 0.1) is 16.8 Å². The zero-order chi connectivity index (χ0) is 20.9. The number of carbonyl (C=O) groups is 2. The molecule has 0 atom stereocenters. The van der Waals surface area contributed by atoms with Crippen LogP contribution in [0.4, 0.5) is 0 Å². The lowest BCUT2D eigenvalue weighted by atomic mass is 10.2. The largest absolute Gasteiger partial charge is 0.451 e. The number of ether oxygens (including phenoxy) is 1. The number of amides is 1. The first-order valence-electron chi connectivity index (χ1n) is 8.99. The maximum Gasteiger partial charge on any atom is 0.345 e. The van der Waals surface area contributed by atoms with Crippen LogP contribution in [0.15, 0.2) is 88.4 Å². The van der Waals surface area contributed by atoms with Gasteiger partial charge in [0, 0.05) is 5.39 Å². The summed E-state index contributed by atoms with van der Waals surface area (Å²) in [4.78, 5) is 24.3. The van der Waals surface area contributed by atoms with E-state index in [0.29, 0.717) is 21.9 Å². The summed E-state index contributed by atoms with van der Waals surface area (Å²) in [6.45, 7) is 0. The predicted molar refractivity (Wildman–Crippen MR) is 114 cm³/mol. The molecule has 0 radical (unpaired) electrons. The number of furan rings is 1. The molecule has 0 unspecified atom stereocenters. The van der Waals surface area contributed by atoms with Crippen molar-refractivity contribution in [2.45, 2.75) is 0 Å². The number of carbonyl (C=O) groups excluding carboxylic acids is 2. The minimum absolute atomic E-state index is 0.176. The monoisotopic (exact) mass is 418 g/mol. The van der Waals surface area contributed by atoms with E-state index < -0.39 is 11.9 Å². The van der Waals surface area contributed by atoms with Gasteiger partial charge < -0.3 is 9.15 Å². The second kappa shape index (κ2) is 8.63. The van der Waals surface area contributed by atoms with Crippen molar-refractivity contribution in [3.63, 3.8) is 0 Å². The molecular weight excluding hydrogens is 404 g/mol. The molecule has 0 bridgehead atoms. The fourth-order valence-electron chi connectivity index (χ4n) is 2.73. The number of fused-ring (bicyclic) bond motifs is 1. The molecule has 1 N–H and O–H groups in total. The predicted octanol–water partition coefficient (Wildman–Crippen LogP) is 5.07. The molecule has 148 valence electrons. The highest BCUT2D eigenvalue weighted by molar-refractivity contribution is 6.33. The number of rotatable bonds is 5. The zero-order valence-electron chi connectivity index (χ0n) is 15.5. The second-order valence-electron chi connectivity index (χ2n) is 6.29. The third-order valence-electron chi connectivity index (χ3n) is 4.21. The first-order valence-corrected chi connectivity index (χ1v) is 9.37. The molecule has 0 aliphatic heterocycles. The smallest absolute Gasteiger partial charge is 0.345 e. The number of para-hydroxylation sites is 1. The van der Waals surface area contributed by atoms with Crippen molar-refractivity contribution in [2.75, 3.05) is 0 Å². The molecule has 0 fully saturated rings. The first kappa shape index (κ1) is 19.4. The van der Waals surface area contributed by atoms with Crippen LogP contribution in [0.2, 0.25) is 5.02 Å². The van der Waals surface area contributed by atoms with E-state index in [-0.39, 0.29) is 11.3 Å². The van der Waals surface area contributed by atoms with Crippen molar-refractivity contribution < 1.29 is 18.7 Å². The van der Waals surface area contributed by atoms with Gasteiger partial charge in [-0.25, -0.2) is 10.2 Å². The van der Waals surface area contributed by atoms with E-state index in [1.165, 1.54) is 6.21 Å². The molecule has 0 saturated heterocycles. The number of benzene rings is 3. The van der Waals surface area contributed by atoms with Gasteiger partial charge in [0.15, 0.2) is 5.76 Å². The third kappa shape index (κ3) is 4.39. The molecule has 1 aromatic heterocycles. The Labute approximate surface area is 176 Å². The van der Waals surface area contributed by atoms with Crippen molar-refractivity contribution in [2.24, 2.45) is 5.10 Å². The number of hydrazone groups is 1. The Morgan fingerprint density at radius 3 is 2.47 bits per heavy atom. The van der Waals surface area contributed by atoms with Crippen LogP contribution < -0.4 is 10.2 Å². The minimum Gasteiger partial charge on any atom is -0.451 e. The average Bonchev–Trinajstić information content (AvgIpc) is 3.20. The Bertz CT molecular complexity index is 1210. The van der Waals surface area contributed by atoms with E-state index >= 15 is 0 Å². The van der Waals surface area contributed by atoms with Gasteiger partial charge >= 0.3 is 11.9 Å². The number of nitrogens with one attached hydrogen (secondary N) is 1. The molecule has 6 nitrogen and oxygen atoms in total. The molecule has 30 heavy (non-hydrogen) atoms. The van der Waals surface area contributed by atoms with Crippen LogP contribution in [0.1, 0.15) is 26.5 Å². The summed E-state index contributed by atoms with van der Waals surface area (Å²) >= 11 is 6.00. The van der Waals surface area contributed by atoms with Crippen molar-refractivity contribution in [1.82, 2.24) is 5.43 Å². The van der Waals surface area contributed by atoms with Crippen molar-refractivity contribution in [3.05, 3.63) is 101 Å². The van der Waals surface area contributed by atoms with Gasteiger partial charge in [-0.3, -0.25) is 4.79 Å². The number of esters is 1. The Balaban J connectivity index is 1.36. The number of halogens is 1. The molecule has 1 amide bonds. The molecule has 0 saturated carbocycles. The summed E-state index contributed by atoms with van der Waals surface area (Å²) in [6, 6.07) is 22.3. The summed E-state index contributed by atoms with van der Waals surface area (Å²) in [6.07, 6.45) is 1.47. The summed E-state index contributed by atoms with van der Waals surface area (Å²) in [5.74, 6) is -0.452. The van der Waals surface area contributed by atoms with Crippen molar-refractivity contribution in [1.29, 1.82) is 0 Å². The van der Waals surface area contributed by atoms with Gasteiger partial charge in [0.1, 0.15) is 11.3 Å². The van der Waals surface area contributed by atoms with Gasteiger partial charge in [-0.2, -0.15) is 5.10 Å². The average molecular weight is 419 g/mol. The molecule has 3 aromatic carbocycles. The van der Waals surface area contributed by atoms with Crippen LogP contribution >= 0.6 is 11.6 Å². The molecular formula is C23H15ClN2O4. The van der Waals surface area contributed by atoms with Crippen LogP contribution in [0.3, 0.4) is 0 Å². The fourth-order valence-corrected chi connectivity index (χ4v) is 2.94. The SMILES string of the molecule is O=C(N/N=C\c1ccc(OC(=O)c2ccccc2Cl)cc1)c1cc2ccccc2o1. The van der Waals surface area contributed by atoms with E-state index in [4.69, 9.17) is 20.8 Å². The van der Waals surface area contributed by atoms with E-state index in [1.54, 1.807) is 60.7 Å². The van der Waals surface area contributed by atoms with E-state index in [2.05, 4.69) is 10.5 Å². The topological polar surface area (TPSA) is 80.9 Å².